The van der Waals surface area contributed by atoms with Crippen molar-refractivity contribution in [2.45, 2.75) is 25.0 Å². The molecule has 2 aromatic rings. The quantitative estimate of drug-likeness (QED) is 0.461. The average molecular weight is 504 g/mol. The first-order chi connectivity index (χ1) is 15.8. The molecule has 1 aliphatic rings. The molecule has 0 radical (unpaired) electrons. The number of nitrogens with zero attached hydrogens (tertiary/aromatic N) is 1. The summed E-state index contributed by atoms with van der Waals surface area (Å²) in [5.74, 6) is -0.956. The minimum absolute atomic E-state index is 0.00187. The van der Waals surface area contributed by atoms with Gasteiger partial charge in [0.2, 0.25) is 0 Å². The van der Waals surface area contributed by atoms with E-state index in [0.717, 1.165) is 6.07 Å². The van der Waals surface area contributed by atoms with Crippen LogP contribution in [0.2, 0.25) is 10.0 Å². The lowest BCUT2D eigenvalue weighted by atomic mass is 10.1. The normalized spacial score (nSPS) is 15.8. The maximum absolute atomic E-state index is 13.4. The molecule has 1 fully saturated rings. The lowest BCUT2D eigenvalue weighted by Gasteiger charge is -2.33. The van der Waals surface area contributed by atoms with Crippen LogP contribution in [0.4, 0.5) is 8.78 Å². The Morgan fingerprint density at radius 3 is 2.21 bits per heavy atom. The lowest BCUT2D eigenvalue weighted by Crippen LogP contribution is -2.51. The monoisotopic (exact) mass is 503 g/mol. The van der Waals surface area contributed by atoms with Gasteiger partial charge in [0.25, 0.3) is 5.91 Å². The van der Waals surface area contributed by atoms with Crippen LogP contribution in [-0.4, -0.2) is 61.0 Å². The minimum atomic E-state index is -0.795. The molecule has 180 valence electrons. The van der Waals surface area contributed by atoms with Crippen molar-refractivity contribution in [1.29, 1.82) is 0 Å². The summed E-state index contributed by atoms with van der Waals surface area (Å²) in [4.78, 5) is 12.1. The second-order valence-corrected chi connectivity index (χ2v) is 8.41. The largest absolute Gasteiger partial charge is 0.491 e. The molecule has 3 N–H and O–H groups in total. The smallest absolute Gasteiger partial charge is 0.258 e. The predicted octanol–water partition coefficient (Wildman–Crippen LogP) is 3.18. The van der Waals surface area contributed by atoms with E-state index in [9.17, 15) is 18.7 Å². The van der Waals surface area contributed by atoms with Crippen molar-refractivity contribution in [1.82, 2.24) is 15.8 Å². The van der Waals surface area contributed by atoms with Crippen LogP contribution in [0.5, 0.6) is 11.5 Å². The van der Waals surface area contributed by atoms with Crippen molar-refractivity contribution in [3.8, 4) is 11.5 Å². The van der Waals surface area contributed by atoms with E-state index in [4.69, 9.17) is 32.7 Å². The number of carbonyl (C=O) groups excluding carboxylic acids is 1. The number of rotatable bonds is 10. The summed E-state index contributed by atoms with van der Waals surface area (Å²) in [5, 5.41) is 14.9. The molecule has 1 amide bonds. The van der Waals surface area contributed by atoms with E-state index in [1.54, 1.807) is 0 Å². The number of carbonyl (C=O) groups is 1. The topological polar surface area (TPSA) is 83.1 Å². The molecule has 33 heavy (non-hydrogen) atoms. The summed E-state index contributed by atoms with van der Waals surface area (Å²) >= 11 is 11.2. The molecule has 0 spiro atoms. The van der Waals surface area contributed by atoms with Crippen LogP contribution in [0.15, 0.2) is 36.4 Å². The van der Waals surface area contributed by atoms with Crippen molar-refractivity contribution >= 4 is 29.1 Å². The highest BCUT2D eigenvalue weighted by atomic mass is 35.5. The van der Waals surface area contributed by atoms with Gasteiger partial charge in [0.1, 0.15) is 35.8 Å². The highest BCUT2D eigenvalue weighted by Crippen LogP contribution is 2.21. The van der Waals surface area contributed by atoms with Crippen molar-refractivity contribution in [2.24, 2.45) is 0 Å². The second kappa shape index (κ2) is 12.3. The summed E-state index contributed by atoms with van der Waals surface area (Å²) in [6.07, 6.45) is 0.631. The van der Waals surface area contributed by atoms with Gasteiger partial charge in [-0.1, -0.05) is 23.2 Å². The van der Waals surface area contributed by atoms with Crippen molar-refractivity contribution in [3.05, 3.63) is 58.1 Å². The van der Waals surface area contributed by atoms with Gasteiger partial charge in [0.15, 0.2) is 6.61 Å². The summed E-state index contributed by atoms with van der Waals surface area (Å²) in [5.41, 5.74) is 3.13. The molecule has 7 nitrogen and oxygen atoms in total. The van der Waals surface area contributed by atoms with Crippen LogP contribution in [0.1, 0.15) is 12.8 Å². The molecule has 1 heterocycles. The SMILES string of the molecule is O=C(COc1ccc(Cl)c(F)c1)NC1CCN(NCC(O)COc2ccc(Cl)c(F)c2)CC1. The van der Waals surface area contributed by atoms with Gasteiger partial charge in [-0.15, -0.1) is 0 Å². The van der Waals surface area contributed by atoms with Gasteiger partial charge < -0.3 is 19.9 Å². The van der Waals surface area contributed by atoms with E-state index >= 15 is 0 Å². The number of amides is 1. The van der Waals surface area contributed by atoms with E-state index in [1.807, 2.05) is 5.01 Å². The van der Waals surface area contributed by atoms with Gasteiger partial charge in [-0.25, -0.2) is 13.8 Å². The highest BCUT2D eigenvalue weighted by Gasteiger charge is 2.21. The van der Waals surface area contributed by atoms with Crippen LogP contribution in [0.3, 0.4) is 0 Å². The van der Waals surface area contributed by atoms with Crippen LogP contribution in [-0.2, 0) is 4.79 Å². The maximum Gasteiger partial charge on any atom is 0.258 e. The Hall–Kier alpha value is -2.17. The lowest BCUT2D eigenvalue weighted by molar-refractivity contribution is -0.124. The van der Waals surface area contributed by atoms with Crippen molar-refractivity contribution in [3.63, 3.8) is 0 Å². The summed E-state index contributed by atoms with van der Waals surface area (Å²) in [6, 6.07) is 8.08. The average Bonchev–Trinajstić information content (AvgIpc) is 2.80. The van der Waals surface area contributed by atoms with E-state index in [0.29, 0.717) is 25.9 Å². The number of benzene rings is 2. The Kier molecular flexibility index (Phi) is 9.52. The summed E-state index contributed by atoms with van der Waals surface area (Å²) in [7, 11) is 0. The second-order valence-electron chi connectivity index (χ2n) is 7.60. The standard InChI is InChI=1S/C22H25Cl2F2N3O4/c23-18-3-1-16(9-20(18)25)32-12-15(30)11-27-29-7-5-14(6-8-29)28-22(31)13-33-17-2-4-19(24)21(26)10-17/h1-4,9-10,14-15,27,30H,5-8,11-13H2,(H,28,31). The molecular formula is C22H25Cl2F2N3O4. The molecule has 2 aromatic carbocycles. The Morgan fingerprint density at radius 2 is 1.64 bits per heavy atom. The molecule has 1 unspecified atom stereocenters. The predicted molar refractivity (Wildman–Crippen MR) is 121 cm³/mol. The fourth-order valence-corrected chi connectivity index (χ4v) is 3.45. The zero-order chi connectivity index (χ0) is 23.8. The number of piperidine rings is 1. The summed E-state index contributed by atoms with van der Waals surface area (Å²) < 4.78 is 37.5. The number of hydrogen-bond acceptors (Lipinski definition) is 6. The number of hydrazine groups is 1. The van der Waals surface area contributed by atoms with E-state index in [1.165, 1.54) is 30.3 Å². The fraction of sp³-hybridized carbons (Fsp3) is 0.409. The van der Waals surface area contributed by atoms with E-state index < -0.39 is 17.7 Å². The molecule has 0 aromatic heterocycles. The van der Waals surface area contributed by atoms with Crippen LogP contribution in [0, 0.1) is 11.6 Å². The van der Waals surface area contributed by atoms with Crippen molar-refractivity contribution < 1.29 is 28.2 Å². The van der Waals surface area contributed by atoms with E-state index in [-0.39, 0.29) is 53.3 Å². The van der Waals surface area contributed by atoms with Gasteiger partial charge in [0, 0.05) is 37.8 Å². The zero-order valence-electron chi connectivity index (χ0n) is 17.7. The number of aliphatic hydroxyl groups is 1. The zero-order valence-corrected chi connectivity index (χ0v) is 19.2. The molecule has 0 saturated carbocycles. The number of hydrogen-bond donors (Lipinski definition) is 3. The third-order valence-corrected chi connectivity index (χ3v) is 5.62. The number of ether oxygens (including phenoxy) is 2. The molecule has 1 saturated heterocycles. The molecule has 3 rings (SSSR count). The first kappa shape index (κ1) is 25.5. The third kappa shape index (κ3) is 8.28. The Bertz CT molecular complexity index is 946. The first-order valence-corrected chi connectivity index (χ1v) is 11.2. The highest BCUT2D eigenvalue weighted by molar-refractivity contribution is 6.31. The number of halogens is 4. The molecule has 11 heteroatoms. The number of nitrogens with one attached hydrogen (secondary N) is 2. The Morgan fingerprint density at radius 1 is 1.06 bits per heavy atom. The third-order valence-electron chi connectivity index (χ3n) is 5.01. The maximum atomic E-state index is 13.4. The van der Waals surface area contributed by atoms with Gasteiger partial charge in [-0.05, 0) is 37.1 Å². The minimum Gasteiger partial charge on any atom is -0.491 e. The van der Waals surface area contributed by atoms with Crippen molar-refractivity contribution in [2.75, 3.05) is 32.8 Å². The fourth-order valence-electron chi connectivity index (χ4n) is 3.22. The Balaban J connectivity index is 1.29. The van der Waals surface area contributed by atoms with Gasteiger partial charge in [0.05, 0.1) is 10.0 Å². The summed E-state index contributed by atoms with van der Waals surface area (Å²) in [6.45, 7) is 1.38. The molecule has 1 aliphatic heterocycles. The first-order valence-electron chi connectivity index (χ1n) is 10.4. The van der Waals surface area contributed by atoms with Gasteiger partial charge in [-0.3, -0.25) is 10.2 Å². The number of aliphatic hydroxyl groups excluding tert-OH is 1. The van der Waals surface area contributed by atoms with E-state index in [2.05, 4.69) is 10.7 Å². The molecule has 0 aliphatic carbocycles. The molecular weight excluding hydrogens is 479 g/mol. The van der Waals surface area contributed by atoms with Gasteiger partial charge >= 0.3 is 0 Å². The van der Waals surface area contributed by atoms with Crippen LogP contribution < -0.4 is 20.2 Å². The molecule has 1 atom stereocenters. The molecule has 0 bridgehead atoms. The van der Waals surface area contributed by atoms with Gasteiger partial charge in [-0.2, -0.15) is 0 Å². The Labute approximate surface area is 200 Å². The van der Waals surface area contributed by atoms with Crippen LogP contribution in [0.25, 0.3) is 0 Å². The van der Waals surface area contributed by atoms with Crippen LogP contribution >= 0.6 is 23.2 Å².